The van der Waals surface area contributed by atoms with Crippen molar-refractivity contribution in [1.82, 2.24) is 0 Å². The summed E-state index contributed by atoms with van der Waals surface area (Å²) in [6, 6.07) is 0. The smallest absolute Gasteiger partial charge is 0.309 e. The molecular weight excluding hydrogens is 961 g/mol. The summed E-state index contributed by atoms with van der Waals surface area (Å²) >= 11 is 0. The molecule has 0 heterocycles. The van der Waals surface area contributed by atoms with Gasteiger partial charge >= 0.3 is 17.9 Å². The summed E-state index contributed by atoms with van der Waals surface area (Å²) in [4.78, 5) is 38.2. The van der Waals surface area contributed by atoms with Crippen LogP contribution in [0.4, 0.5) is 0 Å². The van der Waals surface area contributed by atoms with Gasteiger partial charge in [0.15, 0.2) is 6.10 Å². The second kappa shape index (κ2) is 64.8. The molecule has 6 heteroatoms. The standard InChI is InChI=1S/C72H116O6/c1-4-7-10-13-16-19-22-25-28-30-32-33-34-35-36-37-38-39-40-42-44-47-50-53-56-59-62-65-71(74)77-68-69(67-76-70(73)64-61-58-55-52-49-46-43-27-24-21-18-15-12-9-6-3)78-72(75)66-63-60-57-54-51-48-45-41-31-29-26-23-20-17-14-11-8-5-2/h7,9-10,12,16,18-19,21,25,27-28,32-33,35-36,38-39,42-44,49,52,58,61,69H,4-6,8,11,13-15,17,20,22-24,26,29-31,34,37,40-41,45-48,50-51,53-57,59-60,62-68H2,1-3H3/b10-7-,12-9-,19-16-,21-18-,28-25-,33-32-,36-35-,39-38-,43-27-,44-42-,52-49-,61-58-. The highest BCUT2D eigenvalue weighted by atomic mass is 16.6. The second-order valence-electron chi connectivity index (χ2n) is 20.6. The van der Waals surface area contributed by atoms with Crippen molar-refractivity contribution in [2.75, 3.05) is 13.2 Å². The van der Waals surface area contributed by atoms with E-state index in [2.05, 4.69) is 154 Å². The van der Waals surface area contributed by atoms with E-state index in [9.17, 15) is 14.4 Å². The number of hydrogen-bond acceptors (Lipinski definition) is 6. The third-order valence-corrected chi connectivity index (χ3v) is 13.1. The van der Waals surface area contributed by atoms with Gasteiger partial charge in [-0.2, -0.15) is 0 Å². The van der Waals surface area contributed by atoms with E-state index in [0.29, 0.717) is 12.8 Å². The predicted molar refractivity (Wildman–Crippen MR) is 339 cm³/mol. The fraction of sp³-hybridized carbons (Fsp3) is 0.625. The van der Waals surface area contributed by atoms with Gasteiger partial charge in [-0.1, -0.05) is 295 Å². The van der Waals surface area contributed by atoms with Crippen LogP contribution in [0, 0.1) is 0 Å². The first-order chi connectivity index (χ1) is 38.5. The third-order valence-electron chi connectivity index (χ3n) is 13.1. The fourth-order valence-electron chi connectivity index (χ4n) is 8.44. The maximum atomic E-state index is 12.9. The van der Waals surface area contributed by atoms with Crippen LogP contribution in [0.2, 0.25) is 0 Å². The molecular formula is C72H116O6. The lowest BCUT2D eigenvalue weighted by Gasteiger charge is -2.18. The van der Waals surface area contributed by atoms with Gasteiger partial charge in [-0.25, -0.2) is 0 Å². The van der Waals surface area contributed by atoms with Crippen molar-refractivity contribution in [2.24, 2.45) is 0 Å². The first kappa shape index (κ1) is 73.3. The summed E-state index contributed by atoms with van der Waals surface area (Å²) in [7, 11) is 0. The molecule has 0 N–H and O–H groups in total. The molecule has 0 aromatic heterocycles. The highest BCUT2D eigenvalue weighted by molar-refractivity contribution is 5.72. The monoisotopic (exact) mass is 1080 g/mol. The number of hydrogen-bond donors (Lipinski definition) is 0. The number of carbonyl (C=O) groups excluding carboxylic acids is 3. The van der Waals surface area contributed by atoms with Gasteiger partial charge in [-0.05, 0) is 103 Å². The van der Waals surface area contributed by atoms with E-state index in [4.69, 9.17) is 14.2 Å². The van der Waals surface area contributed by atoms with Crippen molar-refractivity contribution in [1.29, 1.82) is 0 Å². The molecule has 0 spiro atoms. The van der Waals surface area contributed by atoms with Crippen molar-refractivity contribution >= 4 is 17.9 Å². The minimum absolute atomic E-state index is 0.119. The Labute approximate surface area is 480 Å². The van der Waals surface area contributed by atoms with Crippen LogP contribution < -0.4 is 0 Å². The molecule has 0 fully saturated rings. The summed E-state index contributed by atoms with van der Waals surface area (Å²) in [5.41, 5.74) is 0. The van der Waals surface area contributed by atoms with Gasteiger partial charge in [-0.3, -0.25) is 14.4 Å². The van der Waals surface area contributed by atoms with Crippen molar-refractivity contribution in [2.45, 2.75) is 277 Å². The molecule has 0 radical (unpaired) electrons. The van der Waals surface area contributed by atoms with Crippen molar-refractivity contribution < 1.29 is 28.6 Å². The van der Waals surface area contributed by atoms with Gasteiger partial charge in [0.2, 0.25) is 0 Å². The lowest BCUT2D eigenvalue weighted by atomic mass is 10.0. The van der Waals surface area contributed by atoms with Gasteiger partial charge in [0, 0.05) is 12.8 Å². The first-order valence-corrected chi connectivity index (χ1v) is 31.8. The Morgan fingerprint density at radius 3 is 0.897 bits per heavy atom. The van der Waals surface area contributed by atoms with E-state index in [1.807, 2.05) is 6.08 Å². The Morgan fingerprint density at radius 1 is 0.282 bits per heavy atom. The molecule has 78 heavy (non-hydrogen) atoms. The van der Waals surface area contributed by atoms with Crippen molar-refractivity contribution in [3.05, 3.63) is 146 Å². The molecule has 0 rings (SSSR count). The average Bonchev–Trinajstić information content (AvgIpc) is 3.44. The Bertz CT molecular complexity index is 1710. The van der Waals surface area contributed by atoms with Crippen LogP contribution in [0.3, 0.4) is 0 Å². The van der Waals surface area contributed by atoms with Crippen LogP contribution >= 0.6 is 0 Å². The minimum Gasteiger partial charge on any atom is -0.462 e. The number of carbonyl (C=O) groups is 3. The first-order valence-electron chi connectivity index (χ1n) is 31.8. The number of rotatable bonds is 56. The normalized spacial score (nSPS) is 13.1. The fourth-order valence-corrected chi connectivity index (χ4v) is 8.44. The van der Waals surface area contributed by atoms with E-state index in [1.165, 1.54) is 96.3 Å². The number of allylic oxidation sites excluding steroid dienone is 23. The zero-order valence-electron chi connectivity index (χ0n) is 50.4. The summed E-state index contributed by atoms with van der Waals surface area (Å²) in [6.45, 7) is 6.32. The molecule has 0 aliphatic carbocycles. The topological polar surface area (TPSA) is 78.9 Å². The zero-order valence-corrected chi connectivity index (χ0v) is 50.4. The Kier molecular flexibility index (Phi) is 60.9. The Morgan fingerprint density at radius 2 is 0.551 bits per heavy atom. The minimum atomic E-state index is -0.832. The Hall–Kier alpha value is -4.71. The SMILES string of the molecule is CC/C=C\C/C=C\C/C=C\C/C=C\C/C=C\C/C=C\C/C=C\CCCCCCCC(=O)OCC(COC(=O)C/C=C\C/C=C\C/C=C\C/C=C\C/C=C\CC)OC(=O)CCCCCCCCCCCCCCCCCCCC. The van der Waals surface area contributed by atoms with Gasteiger partial charge < -0.3 is 14.2 Å². The predicted octanol–water partition coefficient (Wildman–Crippen LogP) is 21.9. The molecule has 0 aliphatic rings. The van der Waals surface area contributed by atoms with E-state index in [0.717, 1.165) is 135 Å². The summed E-state index contributed by atoms with van der Waals surface area (Å²) < 4.78 is 16.8. The van der Waals surface area contributed by atoms with E-state index < -0.39 is 12.1 Å². The van der Waals surface area contributed by atoms with Crippen molar-refractivity contribution in [3.63, 3.8) is 0 Å². The zero-order chi connectivity index (χ0) is 56.4. The average molecular weight is 1080 g/mol. The maximum Gasteiger partial charge on any atom is 0.309 e. The van der Waals surface area contributed by atoms with Crippen LogP contribution in [-0.2, 0) is 28.6 Å². The largest absolute Gasteiger partial charge is 0.462 e. The van der Waals surface area contributed by atoms with Gasteiger partial charge in [-0.15, -0.1) is 0 Å². The summed E-state index contributed by atoms with van der Waals surface area (Å²) in [6.07, 6.45) is 93.0. The molecule has 440 valence electrons. The highest BCUT2D eigenvalue weighted by Crippen LogP contribution is 2.16. The number of ether oxygens (including phenoxy) is 3. The van der Waals surface area contributed by atoms with Crippen molar-refractivity contribution in [3.8, 4) is 0 Å². The van der Waals surface area contributed by atoms with Crippen LogP contribution in [0.5, 0.6) is 0 Å². The van der Waals surface area contributed by atoms with Crippen LogP contribution in [-0.4, -0.2) is 37.2 Å². The molecule has 0 amide bonds. The molecule has 6 nitrogen and oxygen atoms in total. The van der Waals surface area contributed by atoms with Crippen LogP contribution in [0.25, 0.3) is 0 Å². The second-order valence-corrected chi connectivity index (χ2v) is 20.6. The molecule has 0 aromatic carbocycles. The molecule has 0 saturated carbocycles. The molecule has 0 aliphatic heterocycles. The Balaban J connectivity index is 4.47. The third kappa shape index (κ3) is 62.1. The van der Waals surface area contributed by atoms with Crippen LogP contribution in [0.1, 0.15) is 271 Å². The van der Waals surface area contributed by atoms with Gasteiger partial charge in [0.05, 0.1) is 6.42 Å². The highest BCUT2D eigenvalue weighted by Gasteiger charge is 2.19. The number of esters is 3. The molecule has 1 atom stereocenters. The molecule has 0 aromatic rings. The lowest BCUT2D eigenvalue weighted by molar-refractivity contribution is -0.166. The molecule has 0 saturated heterocycles. The van der Waals surface area contributed by atoms with E-state index in [1.54, 1.807) is 6.08 Å². The molecule has 1 unspecified atom stereocenters. The van der Waals surface area contributed by atoms with Gasteiger partial charge in [0.1, 0.15) is 13.2 Å². The summed E-state index contributed by atoms with van der Waals surface area (Å²) in [5.74, 6) is -1.07. The van der Waals surface area contributed by atoms with Crippen LogP contribution in [0.15, 0.2) is 146 Å². The van der Waals surface area contributed by atoms with Gasteiger partial charge in [0.25, 0.3) is 0 Å². The maximum absolute atomic E-state index is 12.9. The van der Waals surface area contributed by atoms with E-state index >= 15 is 0 Å². The number of unbranched alkanes of at least 4 members (excludes halogenated alkanes) is 22. The lowest BCUT2D eigenvalue weighted by Crippen LogP contribution is -2.30. The summed E-state index contributed by atoms with van der Waals surface area (Å²) in [5, 5.41) is 0. The molecule has 0 bridgehead atoms. The van der Waals surface area contributed by atoms with E-state index in [-0.39, 0.29) is 31.6 Å². The quantitative estimate of drug-likeness (QED) is 0.0261.